The van der Waals surface area contributed by atoms with E-state index in [-0.39, 0.29) is 11.7 Å². The van der Waals surface area contributed by atoms with Crippen molar-refractivity contribution in [3.05, 3.63) is 36.1 Å². The van der Waals surface area contributed by atoms with Crippen molar-refractivity contribution in [2.75, 3.05) is 5.75 Å². The minimum absolute atomic E-state index is 0.167. The minimum Gasteiger partial charge on any atom is -0.286 e. The number of hydrogen-bond acceptors (Lipinski definition) is 3. The maximum absolute atomic E-state index is 10.5. The number of nitrogens with zero attached hydrogens (tertiary/aromatic N) is 1. The van der Waals surface area contributed by atoms with E-state index in [9.17, 15) is 8.42 Å². The summed E-state index contributed by atoms with van der Waals surface area (Å²) in [5, 5.41) is 0. The lowest BCUT2D eigenvalue weighted by Gasteiger charge is -2.03. The fourth-order valence-electron chi connectivity index (χ4n) is 1.94. The first kappa shape index (κ1) is 12.3. The SMILES string of the molecule is O=S(=O)(O)CCCCC1=CC2C=CC=CC2=N1. The molecule has 92 valence electrons. The van der Waals surface area contributed by atoms with E-state index >= 15 is 0 Å². The van der Waals surface area contributed by atoms with Gasteiger partial charge in [-0.1, -0.05) is 24.3 Å². The van der Waals surface area contributed by atoms with Gasteiger partial charge in [-0.2, -0.15) is 8.42 Å². The summed E-state index contributed by atoms with van der Waals surface area (Å²) < 4.78 is 29.6. The van der Waals surface area contributed by atoms with Crippen molar-refractivity contribution >= 4 is 15.8 Å². The number of rotatable bonds is 5. The first-order chi connectivity index (χ1) is 8.04. The van der Waals surface area contributed by atoms with Gasteiger partial charge in [0.1, 0.15) is 0 Å². The van der Waals surface area contributed by atoms with Crippen LogP contribution in [0.1, 0.15) is 19.3 Å². The maximum atomic E-state index is 10.5. The van der Waals surface area contributed by atoms with Crippen molar-refractivity contribution in [1.82, 2.24) is 0 Å². The Hall–Kier alpha value is -1.20. The molecule has 2 aliphatic rings. The van der Waals surface area contributed by atoms with E-state index in [0.717, 1.165) is 24.3 Å². The molecule has 0 fully saturated rings. The molecule has 1 N–H and O–H groups in total. The Bertz CT molecular complexity index is 512. The van der Waals surface area contributed by atoms with Crippen LogP contribution in [0.25, 0.3) is 0 Å². The molecule has 4 nitrogen and oxygen atoms in total. The zero-order valence-electron chi connectivity index (χ0n) is 9.41. The Labute approximate surface area is 101 Å². The number of allylic oxidation sites excluding steroid dienone is 6. The second-order valence-electron chi connectivity index (χ2n) is 4.21. The van der Waals surface area contributed by atoms with Gasteiger partial charge >= 0.3 is 0 Å². The number of fused-ring (bicyclic) bond motifs is 1. The van der Waals surface area contributed by atoms with Crippen molar-refractivity contribution in [3.8, 4) is 0 Å². The molecule has 0 aromatic rings. The van der Waals surface area contributed by atoms with Gasteiger partial charge in [0.15, 0.2) is 0 Å². The molecule has 0 spiro atoms. The normalized spacial score (nSPS) is 22.3. The Morgan fingerprint density at radius 2 is 2.12 bits per heavy atom. The van der Waals surface area contributed by atoms with Crippen LogP contribution in [-0.2, 0) is 10.1 Å². The molecule has 1 atom stereocenters. The maximum Gasteiger partial charge on any atom is 0.264 e. The van der Waals surface area contributed by atoms with E-state index in [0.29, 0.717) is 6.42 Å². The van der Waals surface area contributed by atoms with Gasteiger partial charge in [-0.05, 0) is 25.3 Å². The highest BCUT2D eigenvalue weighted by Gasteiger charge is 2.17. The van der Waals surface area contributed by atoms with Crippen LogP contribution in [-0.4, -0.2) is 24.4 Å². The Morgan fingerprint density at radius 1 is 1.29 bits per heavy atom. The summed E-state index contributed by atoms with van der Waals surface area (Å²) in [6, 6.07) is 0. The molecule has 1 aliphatic carbocycles. The minimum atomic E-state index is -3.82. The molecule has 5 heteroatoms. The first-order valence-electron chi connectivity index (χ1n) is 5.64. The zero-order valence-corrected chi connectivity index (χ0v) is 10.2. The lowest BCUT2D eigenvalue weighted by molar-refractivity contribution is 0.480. The van der Waals surface area contributed by atoms with Gasteiger partial charge in [-0.25, -0.2) is 0 Å². The Morgan fingerprint density at radius 3 is 2.82 bits per heavy atom. The fraction of sp³-hybridized carbons (Fsp3) is 0.417. The summed E-state index contributed by atoms with van der Waals surface area (Å²) in [6.45, 7) is 0. The molecule has 0 bridgehead atoms. The number of unbranched alkanes of at least 4 members (excludes halogenated alkanes) is 1. The van der Waals surface area contributed by atoms with E-state index in [4.69, 9.17) is 4.55 Å². The molecule has 1 aliphatic heterocycles. The number of aliphatic imine (C=N–C) groups is 1. The molecule has 0 amide bonds. The Balaban J connectivity index is 1.80. The molecule has 0 saturated heterocycles. The van der Waals surface area contributed by atoms with Gasteiger partial charge in [0, 0.05) is 11.6 Å². The quantitative estimate of drug-likeness (QED) is 0.603. The van der Waals surface area contributed by atoms with E-state index in [1.165, 1.54) is 0 Å². The summed E-state index contributed by atoms with van der Waals surface area (Å²) in [7, 11) is -3.82. The highest BCUT2D eigenvalue weighted by atomic mass is 32.2. The topological polar surface area (TPSA) is 66.7 Å². The van der Waals surface area contributed by atoms with Crippen LogP contribution < -0.4 is 0 Å². The number of hydrogen-bond donors (Lipinski definition) is 1. The standard InChI is InChI=1S/C12H15NO3S/c14-17(15,16)8-4-3-6-11-9-10-5-1-2-7-12(10)13-11/h1-2,5,7,9-10H,3-4,6,8H2,(H,14,15,16). The van der Waals surface area contributed by atoms with Crippen LogP contribution >= 0.6 is 0 Å². The zero-order chi connectivity index (χ0) is 12.3. The van der Waals surface area contributed by atoms with Crippen molar-refractivity contribution < 1.29 is 13.0 Å². The monoisotopic (exact) mass is 253 g/mol. The molecule has 1 unspecified atom stereocenters. The second kappa shape index (κ2) is 4.98. The molecule has 17 heavy (non-hydrogen) atoms. The molecular weight excluding hydrogens is 238 g/mol. The lowest BCUT2D eigenvalue weighted by Crippen LogP contribution is -2.04. The summed E-state index contributed by atoms with van der Waals surface area (Å²) in [6.07, 6.45) is 12.1. The van der Waals surface area contributed by atoms with E-state index in [1.54, 1.807) is 0 Å². The van der Waals surface area contributed by atoms with E-state index < -0.39 is 10.1 Å². The first-order valence-corrected chi connectivity index (χ1v) is 7.25. The van der Waals surface area contributed by atoms with Crippen LogP contribution in [0.5, 0.6) is 0 Å². The Kier molecular flexibility index (Phi) is 3.59. The van der Waals surface area contributed by atoms with Crippen molar-refractivity contribution in [3.63, 3.8) is 0 Å². The molecule has 0 aromatic heterocycles. The summed E-state index contributed by atoms with van der Waals surface area (Å²) in [5.74, 6) is 0.122. The second-order valence-corrected chi connectivity index (χ2v) is 5.78. The molecular formula is C12H15NO3S. The average Bonchev–Trinajstić information content (AvgIpc) is 2.65. The third-order valence-corrected chi connectivity index (χ3v) is 3.57. The third-order valence-electron chi connectivity index (χ3n) is 2.77. The summed E-state index contributed by atoms with van der Waals surface area (Å²) in [4.78, 5) is 4.47. The van der Waals surface area contributed by atoms with Gasteiger partial charge in [0.05, 0.1) is 11.5 Å². The third kappa shape index (κ3) is 3.64. The smallest absolute Gasteiger partial charge is 0.264 e. The van der Waals surface area contributed by atoms with E-state index in [2.05, 4.69) is 17.1 Å². The van der Waals surface area contributed by atoms with Crippen molar-refractivity contribution in [2.24, 2.45) is 10.9 Å². The van der Waals surface area contributed by atoms with Gasteiger partial charge in [0.25, 0.3) is 10.1 Å². The van der Waals surface area contributed by atoms with Crippen LogP contribution in [0, 0.1) is 5.92 Å². The molecule has 0 saturated carbocycles. The summed E-state index contributed by atoms with van der Waals surface area (Å²) >= 11 is 0. The predicted octanol–water partition coefficient (Wildman–Crippen LogP) is 2.13. The van der Waals surface area contributed by atoms with Gasteiger partial charge in [-0.15, -0.1) is 0 Å². The van der Waals surface area contributed by atoms with Crippen LogP contribution in [0.15, 0.2) is 41.1 Å². The van der Waals surface area contributed by atoms with E-state index in [1.807, 2.05) is 18.2 Å². The fourth-order valence-corrected chi connectivity index (χ4v) is 2.51. The summed E-state index contributed by atoms with van der Waals surface area (Å²) in [5.41, 5.74) is 2.06. The van der Waals surface area contributed by atoms with Crippen LogP contribution in [0.4, 0.5) is 0 Å². The molecule has 2 rings (SSSR count). The van der Waals surface area contributed by atoms with Gasteiger partial charge in [0.2, 0.25) is 0 Å². The molecule has 0 aromatic carbocycles. The highest BCUT2D eigenvalue weighted by Crippen LogP contribution is 2.24. The molecule has 1 heterocycles. The average molecular weight is 253 g/mol. The lowest BCUT2D eigenvalue weighted by atomic mass is 9.99. The van der Waals surface area contributed by atoms with Crippen molar-refractivity contribution in [2.45, 2.75) is 19.3 Å². The largest absolute Gasteiger partial charge is 0.286 e. The van der Waals surface area contributed by atoms with Crippen molar-refractivity contribution in [1.29, 1.82) is 0 Å². The van der Waals surface area contributed by atoms with Gasteiger partial charge < -0.3 is 0 Å². The highest BCUT2D eigenvalue weighted by molar-refractivity contribution is 7.85. The molecule has 0 radical (unpaired) electrons. The van der Waals surface area contributed by atoms with Crippen LogP contribution in [0.2, 0.25) is 0 Å². The van der Waals surface area contributed by atoms with Gasteiger partial charge in [-0.3, -0.25) is 9.55 Å². The van der Waals surface area contributed by atoms with Crippen LogP contribution in [0.3, 0.4) is 0 Å². The predicted molar refractivity (Wildman–Crippen MR) is 67.6 cm³/mol.